The maximum Gasteiger partial charge on any atom is 0.0802 e. The van der Waals surface area contributed by atoms with Crippen LogP contribution in [0.2, 0.25) is 0 Å². The first-order chi connectivity index (χ1) is 7.26. The fourth-order valence-corrected chi connectivity index (χ4v) is 2.47. The summed E-state index contributed by atoms with van der Waals surface area (Å²) >= 11 is 0. The number of hydrogen-bond donors (Lipinski definition) is 1. The lowest BCUT2D eigenvalue weighted by atomic mass is 9.96. The van der Waals surface area contributed by atoms with Crippen LogP contribution in [0.5, 0.6) is 0 Å². The molecule has 2 nitrogen and oxygen atoms in total. The van der Waals surface area contributed by atoms with E-state index in [4.69, 9.17) is 10.5 Å². The summed E-state index contributed by atoms with van der Waals surface area (Å²) in [6.07, 6.45) is 10.5. The molecule has 1 aliphatic carbocycles. The lowest BCUT2D eigenvalue weighted by Gasteiger charge is -2.34. The third kappa shape index (κ3) is 3.76. The zero-order chi connectivity index (χ0) is 11.1. The normalized spacial score (nSPS) is 20.2. The van der Waals surface area contributed by atoms with Crippen LogP contribution in [0, 0.1) is 0 Å². The van der Waals surface area contributed by atoms with Gasteiger partial charge in [-0.05, 0) is 25.7 Å². The van der Waals surface area contributed by atoms with Gasteiger partial charge in [-0.1, -0.05) is 39.5 Å². The zero-order valence-corrected chi connectivity index (χ0v) is 10.4. The molecule has 15 heavy (non-hydrogen) atoms. The van der Waals surface area contributed by atoms with E-state index in [0.29, 0.717) is 12.6 Å². The molecule has 0 saturated heterocycles. The van der Waals surface area contributed by atoms with E-state index >= 15 is 0 Å². The SMILES string of the molecule is CCC(CC)(CN)OC1CCCCCC1. The Morgan fingerprint density at radius 2 is 1.60 bits per heavy atom. The third-order valence-corrected chi connectivity index (χ3v) is 3.88. The van der Waals surface area contributed by atoms with Crippen molar-refractivity contribution in [2.45, 2.75) is 76.9 Å². The van der Waals surface area contributed by atoms with Gasteiger partial charge in [-0.2, -0.15) is 0 Å². The highest BCUT2D eigenvalue weighted by Gasteiger charge is 2.29. The Bertz CT molecular complexity index is 150. The molecule has 0 aliphatic heterocycles. The molecule has 0 aromatic carbocycles. The third-order valence-electron chi connectivity index (χ3n) is 3.88. The van der Waals surface area contributed by atoms with Crippen LogP contribution in [0.3, 0.4) is 0 Å². The molecule has 0 heterocycles. The predicted molar refractivity (Wildman–Crippen MR) is 64.9 cm³/mol. The first-order valence-corrected chi connectivity index (χ1v) is 6.64. The number of rotatable bonds is 5. The van der Waals surface area contributed by atoms with Crippen LogP contribution in [0.25, 0.3) is 0 Å². The van der Waals surface area contributed by atoms with Gasteiger partial charge in [0.1, 0.15) is 0 Å². The van der Waals surface area contributed by atoms with E-state index in [1.807, 2.05) is 0 Å². The topological polar surface area (TPSA) is 35.2 Å². The summed E-state index contributed by atoms with van der Waals surface area (Å²) in [6, 6.07) is 0. The van der Waals surface area contributed by atoms with Crippen molar-refractivity contribution in [3.8, 4) is 0 Å². The van der Waals surface area contributed by atoms with Gasteiger partial charge in [0, 0.05) is 6.54 Å². The average Bonchev–Trinajstić information content (AvgIpc) is 2.54. The van der Waals surface area contributed by atoms with Gasteiger partial charge in [-0.3, -0.25) is 0 Å². The summed E-state index contributed by atoms with van der Waals surface area (Å²) in [4.78, 5) is 0. The Morgan fingerprint density at radius 1 is 1.07 bits per heavy atom. The van der Waals surface area contributed by atoms with Crippen molar-refractivity contribution < 1.29 is 4.74 Å². The van der Waals surface area contributed by atoms with Gasteiger partial charge in [-0.25, -0.2) is 0 Å². The van der Waals surface area contributed by atoms with Crippen LogP contribution in [0.4, 0.5) is 0 Å². The Morgan fingerprint density at radius 3 is 2.00 bits per heavy atom. The summed E-state index contributed by atoms with van der Waals surface area (Å²) in [5, 5.41) is 0. The van der Waals surface area contributed by atoms with Crippen molar-refractivity contribution in [3.05, 3.63) is 0 Å². The lowest BCUT2D eigenvalue weighted by Crippen LogP contribution is -2.42. The average molecular weight is 213 g/mol. The van der Waals surface area contributed by atoms with Crippen LogP contribution in [-0.4, -0.2) is 18.2 Å². The molecule has 0 atom stereocenters. The minimum absolute atomic E-state index is 0.0466. The van der Waals surface area contributed by atoms with E-state index in [0.717, 1.165) is 12.8 Å². The molecule has 0 spiro atoms. The summed E-state index contributed by atoms with van der Waals surface area (Å²) < 4.78 is 6.28. The number of hydrogen-bond acceptors (Lipinski definition) is 2. The van der Waals surface area contributed by atoms with Gasteiger partial charge in [-0.15, -0.1) is 0 Å². The highest BCUT2D eigenvalue weighted by molar-refractivity contribution is 4.81. The first kappa shape index (κ1) is 13.0. The Hall–Kier alpha value is -0.0800. The molecule has 0 unspecified atom stereocenters. The molecule has 0 aromatic heterocycles. The van der Waals surface area contributed by atoms with E-state index < -0.39 is 0 Å². The molecular formula is C13H27NO. The van der Waals surface area contributed by atoms with E-state index in [1.54, 1.807) is 0 Å². The largest absolute Gasteiger partial charge is 0.370 e. The van der Waals surface area contributed by atoms with Gasteiger partial charge >= 0.3 is 0 Å². The smallest absolute Gasteiger partial charge is 0.0802 e. The molecule has 0 radical (unpaired) electrons. The van der Waals surface area contributed by atoms with Crippen molar-refractivity contribution >= 4 is 0 Å². The van der Waals surface area contributed by atoms with Crippen molar-refractivity contribution in [1.82, 2.24) is 0 Å². The standard InChI is InChI=1S/C13H27NO/c1-3-13(4-2,11-14)15-12-9-7-5-6-8-10-12/h12H,3-11,14H2,1-2H3. The summed E-state index contributed by atoms with van der Waals surface area (Å²) in [7, 11) is 0. The van der Waals surface area contributed by atoms with Crippen molar-refractivity contribution in [2.24, 2.45) is 5.73 Å². The summed E-state index contributed by atoms with van der Waals surface area (Å²) in [5.41, 5.74) is 5.81. The highest BCUT2D eigenvalue weighted by Crippen LogP contribution is 2.27. The summed E-state index contributed by atoms with van der Waals surface area (Å²) in [5.74, 6) is 0. The maximum absolute atomic E-state index is 6.28. The van der Waals surface area contributed by atoms with E-state index in [-0.39, 0.29) is 5.60 Å². The maximum atomic E-state index is 6.28. The van der Waals surface area contributed by atoms with Crippen LogP contribution in [0.1, 0.15) is 65.2 Å². The molecule has 0 bridgehead atoms. The monoisotopic (exact) mass is 213 g/mol. The lowest BCUT2D eigenvalue weighted by molar-refractivity contribution is -0.0974. The molecule has 2 N–H and O–H groups in total. The fraction of sp³-hybridized carbons (Fsp3) is 1.00. The molecule has 1 aliphatic rings. The van der Waals surface area contributed by atoms with Crippen molar-refractivity contribution in [3.63, 3.8) is 0 Å². The van der Waals surface area contributed by atoms with Gasteiger partial charge in [0.05, 0.1) is 11.7 Å². The highest BCUT2D eigenvalue weighted by atomic mass is 16.5. The zero-order valence-electron chi connectivity index (χ0n) is 10.4. The molecular weight excluding hydrogens is 186 g/mol. The number of nitrogens with two attached hydrogens (primary N) is 1. The second-order valence-electron chi connectivity index (χ2n) is 4.83. The minimum Gasteiger partial charge on any atom is -0.370 e. The van der Waals surface area contributed by atoms with Crippen molar-refractivity contribution in [1.29, 1.82) is 0 Å². The van der Waals surface area contributed by atoms with Crippen molar-refractivity contribution in [2.75, 3.05) is 6.54 Å². The summed E-state index contributed by atoms with van der Waals surface area (Å²) in [6.45, 7) is 5.04. The van der Waals surface area contributed by atoms with Crippen LogP contribution in [-0.2, 0) is 4.74 Å². The van der Waals surface area contributed by atoms with Crippen LogP contribution in [0.15, 0.2) is 0 Å². The Labute approximate surface area is 94.6 Å². The molecule has 1 fully saturated rings. The predicted octanol–water partition coefficient (Wildman–Crippen LogP) is 3.24. The minimum atomic E-state index is -0.0466. The van der Waals surface area contributed by atoms with Gasteiger partial charge in [0.2, 0.25) is 0 Å². The molecule has 2 heteroatoms. The molecule has 1 saturated carbocycles. The molecule has 1 rings (SSSR count). The van der Waals surface area contributed by atoms with Crippen LogP contribution >= 0.6 is 0 Å². The Kier molecular flexibility index (Phi) is 5.62. The molecule has 0 amide bonds. The molecule has 90 valence electrons. The van der Waals surface area contributed by atoms with E-state index in [1.165, 1.54) is 38.5 Å². The quantitative estimate of drug-likeness (QED) is 0.712. The van der Waals surface area contributed by atoms with E-state index in [2.05, 4.69) is 13.8 Å². The second-order valence-corrected chi connectivity index (χ2v) is 4.83. The Balaban J connectivity index is 2.48. The van der Waals surface area contributed by atoms with E-state index in [9.17, 15) is 0 Å². The molecule has 0 aromatic rings. The van der Waals surface area contributed by atoms with Gasteiger partial charge < -0.3 is 10.5 Å². The number of ether oxygens (including phenoxy) is 1. The first-order valence-electron chi connectivity index (χ1n) is 6.64. The fourth-order valence-electron chi connectivity index (χ4n) is 2.47. The second kappa shape index (κ2) is 6.49. The van der Waals surface area contributed by atoms with Gasteiger partial charge in [0.15, 0.2) is 0 Å². The van der Waals surface area contributed by atoms with Gasteiger partial charge in [0.25, 0.3) is 0 Å². The van der Waals surface area contributed by atoms with Crippen LogP contribution < -0.4 is 5.73 Å².